The van der Waals surface area contributed by atoms with E-state index >= 15 is 0 Å². The highest BCUT2D eigenvalue weighted by Crippen LogP contribution is 2.27. The zero-order chi connectivity index (χ0) is 16.1. The maximum Gasteiger partial charge on any atom is 0.0833 e. The summed E-state index contributed by atoms with van der Waals surface area (Å²) in [5.74, 6) is 0.493. The van der Waals surface area contributed by atoms with Gasteiger partial charge in [-0.15, -0.1) is 16.4 Å². The van der Waals surface area contributed by atoms with Crippen molar-refractivity contribution in [3.63, 3.8) is 0 Å². The highest BCUT2D eigenvalue weighted by atomic mass is 32.1. The molecule has 0 spiro atoms. The minimum absolute atomic E-state index is 0.493. The molecule has 4 heteroatoms. The summed E-state index contributed by atoms with van der Waals surface area (Å²) in [6.45, 7) is 5.29. The lowest BCUT2D eigenvalue weighted by Crippen LogP contribution is -2.00. The molecule has 0 aliphatic rings. The summed E-state index contributed by atoms with van der Waals surface area (Å²) in [6, 6.07) is 14.9. The zero-order valence-corrected chi connectivity index (χ0v) is 14.6. The average Bonchev–Trinajstić information content (AvgIpc) is 3.18. The van der Waals surface area contributed by atoms with Crippen molar-refractivity contribution in [2.24, 2.45) is 0 Å². The predicted molar refractivity (Wildman–Crippen MR) is 96.0 cm³/mol. The molecule has 2 heterocycles. The Kier molecular flexibility index (Phi) is 5.23. The summed E-state index contributed by atoms with van der Waals surface area (Å²) >= 11 is 1.94. The molecule has 0 aliphatic carbocycles. The van der Waals surface area contributed by atoms with Gasteiger partial charge in [0.2, 0.25) is 0 Å². The molecule has 0 saturated carbocycles. The largest absolute Gasteiger partial charge is 0.248 e. The smallest absolute Gasteiger partial charge is 0.0833 e. The van der Waals surface area contributed by atoms with Crippen LogP contribution in [0.5, 0.6) is 0 Å². The lowest BCUT2D eigenvalue weighted by atomic mass is 10.0. The van der Waals surface area contributed by atoms with E-state index < -0.39 is 0 Å². The molecule has 2 aromatic heterocycles. The number of nitrogens with zero attached hydrogens (tertiary/aromatic N) is 3. The Morgan fingerprint density at radius 2 is 1.96 bits per heavy atom. The van der Waals surface area contributed by atoms with Gasteiger partial charge in [0.25, 0.3) is 0 Å². The molecule has 0 radical (unpaired) electrons. The lowest BCUT2D eigenvalue weighted by Gasteiger charge is -2.06. The van der Waals surface area contributed by atoms with Crippen molar-refractivity contribution in [2.75, 3.05) is 0 Å². The zero-order valence-electron chi connectivity index (χ0n) is 13.8. The third-order valence-electron chi connectivity index (χ3n) is 3.95. The minimum Gasteiger partial charge on any atom is -0.248 e. The molecule has 1 aromatic carbocycles. The molecule has 3 aromatic rings. The second-order valence-electron chi connectivity index (χ2n) is 6.05. The number of thiophene rings is 1. The SMILES string of the molecule is CCCc1ccc(C(C)Cc2cn(Cc3ccccc3)nn2)s1. The van der Waals surface area contributed by atoms with Gasteiger partial charge in [-0.3, -0.25) is 0 Å². The minimum atomic E-state index is 0.493. The van der Waals surface area contributed by atoms with Crippen LogP contribution in [0.15, 0.2) is 48.7 Å². The van der Waals surface area contributed by atoms with E-state index in [0.29, 0.717) is 5.92 Å². The summed E-state index contributed by atoms with van der Waals surface area (Å²) in [4.78, 5) is 2.94. The van der Waals surface area contributed by atoms with Gasteiger partial charge in [0.1, 0.15) is 0 Å². The maximum atomic E-state index is 4.34. The van der Waals surface area contributed by atoms with Gasteiger partial charge < -0.3 is 0 Å². The topological polar surface area (TPSA) is 30.7 Å². The summed E-state index contributed by atoms with van der Waals surface area (Å²) in [6.07, 6.45) is 5.41. The van der Waals surface area contributed by atoms with Gasteiger partial charge in [0.15, 0.2) is 0 Å². The molecule has 3 rings (SSSR count). The number of rotatable bonds is 7. The van der Waals surface area contributed by atoms with Crippen LogP contribution in [0.2, 0.25) is 0 Å². The fraction of sp³-hybridized carbons (Fsp3) is 0.368. The van der Waals surface area contributed by atoms with E-state index in [1.165, 1.54) is 28.2 Å². The van der Waals surface area contributed by atoms with Crippen LogP contribution in [0.4, 0.5) is 0 Å². The van der Waals surface area contributed by atoms with Crippen LogP contribution < -0.4 is 0 Å². The van der Waals surface area contributed by atoms with Gasteiger partial charge in [-0.1, -0.05) is 55.8 Å². The molecule has 0 bridgehead atoms. The van der Waals surface area contributed by atoms with E-state index in [2.05, 4.69) is 66.8 Å². The van der Waals surface area contributed by atoms with E-state index in [1.54, 1.807) is 0 Å². The maximum absolute atomic E-state index is 4.34. The first-order valence-electron chi connectivity index (χ1n) is 8.26. The Bertz CT molecular complexity index is 730. The summed E-state index contributed by atoms with van der Waals surface area (Å²) in [5, 5.41) is 8.60. The first-order valence-corrected chi connectivity index (χ1v) is 9.07. The van der Waals surface area contributed by atoms with Crippen molar-refractivity contribution in [3.8, 4) is 0 Å². The van der Waals surface area contributed by atoms with E-state index in [-0.39, 0.29) is 0 Å². The molecule has 0 N–H and O–H groups in total. The van der Waals surface area contributed by atoms with Crippen molar-refractivity contribution in [1.82, 2.24) is 15.0 Å². The third-order valence-corrected chi connectivity index (χ3v) is 5.33. The third kappa shape index (κ3) is 4.29. The van der Waals surface area contributed by atoms with Gasteiger partial charge in [-0.25, -0.2) is 4.68 Å². The number of aryl methyl sites for hydroxylation is 1. The number of aromatic nitrogens is 3. The quantitative estimate of drug-likeness (QED) is 0.631. The van der Waals surface area contributed by atoms with Crippen LogP contribution in [0.25, 0.3) is 0 Å². The Labute approximate surface area is 142 Å². The molecule has 120 valence electrons. The highest BCUT2D eigenvalue weighted by molar-refractivity contribution is 7.12. The number of hydrogen-bond donors (Lipinski definition) is 0. The van der Waals surface area contributed by atoms with Crippen LogP contribution in [-0.4, -0.2) is 15.0 Å². The summed E-state index contributed by atoms with van der Waals surface area (Å²) < 4.78 is 1.92. The van der Waals surface area contributed by atoms with Gasteiger partial charge in [0, 0.05) is 22.4 Å². The Hall–Kier alpha value is -1.94. The molecule has 23 heavy (non-hydrogen) atoms. The van der Waals surface area contributed by atoms with E-state index in [1.807, 2.05) is 22.1 Å². The van der Waals surface area contributed by atoms with E-state index in [9.17, 15) is 0 Å². The van der Waals surface area contributed by atoms with Crippen LogP contribution in [0.1, 0.15) is 47.2 Å². The van der Waals surface area contributed by atoms with E-state index in [0.717, 1.165) is 18.7 Å². The Morgan fingerprint density at radius 3 is 2.74 bits per heavy atom. The predicted octanol–water partition coefficient (Wildman–Crippen LogP) is 4.69. The van der Waals surface area contributed by atoms with Gasteiger partial charge in [0.05, 0.1) is 12.2 Å². The fourth-order valence-electron chi connectivity index (χ4n) is 2.73. The second kappa shape index (κ2) is 7.55. The summed E-state index contributed by atoms with van der Waals surface area (Å²) in [7, 11) is 0. The first-order chi connectivity index (χ1) is 11.2. The molecule has 1 unspecified atom stereocenters. The molecular formula is C19H23N3S. The van der Waals surface area contributed by atoms with Gasteiger partial charge >= 0.3 is 0 Å². The molecule has 1 atom stereocenters. The van der Waals surface area contributed by atoms with Crippen molar-refractivity contribution in [1.29, 1.82) is 0 Å². The number of benzene rings is 1. The molecular weight excluding hydrogens is 302 g/mol. The van der Waals surface area contributed by atoms with E-state index in [4.69, 9.17) is 0 Å². The Balaban J connectivity index is 1.61. The first kappa shape index (κ1) is 15.9. The molecule has 3 nitrogen and oxygen atoms in total. The monoisotopic (exact) mass is 325 g/mol. The second-order valence-corrected chi connectivity index (χ2v) is 7.25. The van der Waals surface area contributed by atoms with Crippen LogP contribution in [0, 0.1) is 0 Å². The van der Waals surface area contributed by atoms with Crippen molar-refractivity contribution < 1.29 is 0 Å². The lowest BCUT2D eigenvalue weighted by molar-refractivity contribution is 0.648. The van der Waals surface area contributed by atoms with Crippen LogP contribution in [-0.2, 0) is 19.4 Å². The highest BCUT2D eigenvalue weighted by Gasteiger charge is 2.12. The van der Waals surface area contributed by atoms with Gasteiger partial charge in [-0.05, 0) is 30.0 Å². The van der Waals surface area contributed by atoms with Gasteiger partial charge in [-0.2, -0.15) is 0 Å². The molecule has 0 fully saturated rings. The fourth-order valence-corrected chi connectivity index (χ4v) is 3.90. The standard InChI is InChI=1S/C19H23N3S/c1-3-7-18-10-11-19(23-18)15(2)12-17-14-22(21-20-17)13-16-8-5-4-6-9-16/h4-6,8-11,14-15H,3,7,12-13H2,1-2H3. The molecule has 0 aliphatic heterocycles. The summed E-state index contributed by atoms with van der Waals surface area (Å²) in [5.41, 5.74) is 2.32. The normalized spacial score (nSPS) is 12.4. The number of hydrogen-bond acceptors (Lipinski definition) is 3. The van der Waals surface area contributed by atoms with Crippen LogP contribution >= 0.6 is 11.3 Å². The van der Waals surface area contributed by atoms with Crippen molar-refractivity contribution >= 4 is 11.3 Å². The van der Waals surface area contributed by atoms with Crippen molar-refractivity contribution in [3.05, 3.63) is 69.7 Å². The van der Waals surface area contributed by atoms with Crippen LogP contribution in [0.3, 0.4) is 0 Å². The Morgan fingerprint density at radius 1 is 1.13 bits per heavy atom. The molecule has 0 saturated heterocycles. The average molecular weight is 325 g/mol. The van der Waals surface area contributed by atoms with Crippen molar-refractivity contribution in [2.45, 2.75) is 45.6 Å². The molecule has 0 amide bonds.